The maximum Gasteiger partial charge on any atom is 0.164 e. The molecule has 1 saturated heterocycles. The SMILES string of the molecule is Cc1ccc(C(=O)CCN2CCC3CCC(C3)C2)cc1.Cl. The molecule has 0 aromatic heterocycles. The molecule has 1 aromatic carbocycles. The zero-order valence-electron chi connectivity index (χ0n) is 12.9. The third kappa shape index (κ3) is 4.31. The van der Waals surface area contributed by atoms with Gasteiger partial charge in [0.15, 0.2) is 5.78 Å². The molecular weight excluding hydrogens is 282 g/mol. The number of hydrogen-bond acceptors (Lipinski definition) is 2. The largest absolute Gasteiger partial charge is 0.303 e. The fourth-order valence-electron chi connectivity index (χ4n) is 3.77. The lowest BCUT2D eigenvalue weighted by molar-refractivity contribution is 0.0960. The fraction of sp³-hybridized carbons (Fsp3) is 0.611. The van der Waals surface area contributed by atoms with Crippen LogP contribution in [0.2, 0.25) is 0 Å². The molecule has 116 valence electrons. The highest BCUT2D eigenvalue weighted by atomic mass is 35.5. The molecule has 2 unspecified atom stereocenters. The van der Waals surface area contributed by atoms with Crippen molar-refractivity contribution in [3.05, 3.63) is 35.4 Å². The Hall–Kier alpha value is -0.860. The first-order valence-electron chi connectivity index (χ1n) is 8.03. The van der Waals surface area contributed by atoms with Crippen LogP contribution < -0.4 is 0 Å². The number of aryl methyl sites for hydroxylation is 1. The third-order valence-corrected chi connectivity index (χ3v) is 5.05. The van der Waals surface area contributed by atoms with Crippen molar-refractivity contribution in [3.63, 3.8) is 0 Å². The summed E-state index contributed by atoms with van der Waals surface area (Å²) in [6.45, 7) is 5.41. The van der Waals surface area contributed by atoms with Crippen molar-refractivity contribution in [3.8, 4) is 0 Å². The zero-order valence-corrected chi connectivity index (χ0v) is 13.7. The predicted molar refractivity (Wildman–Crippen MR) is 89.3 cm³/mol. The number of fused-ring (bicyclic) bond motifs is 2. The minimum absolute atomic E-state index is 0. The van der Waals surface area contributed by atoms with Gasteiger partial charge in [-0.25, -0.2) is 0 Å². The first kappa shape index (κ1) is 16.5. The maximum absolute atomic E-state index is 12.2. The Balaban J connectivity index is 0.00000161. The van der Waals surface area contributed by atoms with E-state index in [1.807, 2.05) is 24.3 Å². The van der Waals surface area contributed by atoms with Crippen molar-refractivity contribution in [1.82, 2.24) is 4.90 Å². The van der Waals surface area contributed by atoms with Gasteiger partial charge in [0, 0.05) is 25.1 Å². The van der Waals surface area contributed by atoms with Crippen LogP contribution in [0.15, 0.2) is 24.3 Å². The summed E-state index contributed by atoms with van der Waals surface area (Å²) in [5.41, 5.74) is 2.08. The number of halogens is 1. The van der Waals surface area contributed by atoms with Crippen molar-refractivity contribution >= 4 is 18.2 Å². The smallest absolute Gasteiger partial charge is 0.164 e. The van der Waals surface area contributed by atoms with Crippen LogP contribution in [0.5, 0.6) is 0 Å². The van der Waals surface area contributed by atoms with Gasteiger partial charge in [-0.2, -0.15) is 0 Å². The molecule has 2 fully saturated rings. The van der Waals surface area contributed by atoms with Gasteiger partial charge in [-0.05, 0) is 44.6 Å². The number of hydrogen-bond donors (Lipinski definition) is 0. The summed E-state index contributed by atoms with van der Waals surface area (Å²) in [7, 11) is 0. The van der Waals surface area contributed by atoms with E-state index in [-0.39, 0.29) is 12.4 Å². The minimum atomic E-state index is 0. The van der Waals surface area contributed by atoms with E-state index in [0.29, 0.717) is 12.2 Å². The zero-order chi connectivity index (χ0) is 13.9. The normalized spacial score (nSPS) is 25.2. The van der Waals surface area contributed by atoms with Crippen LogP contribution in [-0.4, -0.2) is 30.3 Å². The maximum atomic E-state index is 12.2. The monoisotopic (exact) mass is 307 g/mol. The second-order valence-corrected chi connectivity index (χ2v) is 6.67. The summed E-state index contributed by atoms with van der Waals surface area (Å²) in [4.78, 5) is 14.7. The van der Waals surface area contributed by atoms with E-state index in [9.17, 15) is 4.79 Å². The molecule has 2 atom stereocenters. The summed E-state index contributed by atoms with van der Waals surface area (Å²) < 4.78 is 0. The summed E-state index contributed by atoms with van der Waals surface area (Å²) in [5, 5.41) is 0. The second-order valence-electron chi connectivity index (χ2n) is 6.67. The highest BCUT2D eigenvalue weighted by molar-refractivity contribution is 5.96. The molecule has 1 aromatic rings. The van der Waals surface area contributed by atoms with Crippen LogP contribution in [0.3, 0.4) is 0 Å². The first-order chi connectivity index (χ1) is 9.70. The summed E-state index contributed by atoms with van der Waals surface area (Å²) >= 11 is 0. The molecule has 0 radical (unpaired) electrons. The van der Waals surface area contributed by atoms with Gasteiger partial charge < -0.3 is 4.90 Å². The highest BCUT2D eigenvalue weighted by Gasteiger charge is 2.29. The number of rotatable bonds is 4. The molecule has 3 heteroatoms. The van der Waals surface area contributed by atoms with Crippen LogP contribution >= 0.6 is 12.4 Å². The molecule has 3 rings (SSSR count). The second kappa shape index (κ2) is 7.42. The Morgan fingerprint density at radius 3 is 2.62 bits per heavy atom. The van der Waals surface area contributed by atoms with E-state index in [2.05, 4.69) is 11.8 Å². The van der Waals surface area contributed by atoms with Gasteiger partial charge >= 0.3 is 0 Å². The lowest BCUT2D eigenvalue weighted by Crippen LogP contribution is -2.31. The number of nitrogens with zero attached hydrogens (tertiary/aromatic N) is 1. The topological polar surface area (TPSA) is 20.3 Å². The summed E-state index contributed by atoms with van der Waals surface area (Å²) in [6.07, 6.45) is 6.30. The van der Waals surface area contributed by atoms with Gasteiger partial charge in [0.05, 0.1) is 0 Å². The summed E-state index contributed by atoms with van der Waals surface area (Å²) in [6, 6.07) is 7.97. The summed E-state index contributed by atoms with van der Waals surface area (Å²) in [5.74, 6) is 2.16. The van der Waals surface area contributed by atoms with Crippen molar-refractivity contribution in [2.24, 2.45) is 11.8 Å². The first-order valence-corrected chi connectivity index (χ1v) is 8.03. The molecule has 1 aliphatic carbocycles. The minimum Gasteiger partial charge on any atom is -0.303 e. The molecular formula is C18H26ClNO. The Labute approximate surface area is 134 Å². The van der Waals surface area contributed by atoms with E-state index >= 15 is 0 Å². The third-order valence-electron chi connectivity index (χ3n) is 5.05. The lowest BCUT2D eigenvalue weighted by Gasteiger charge is -2.24. The molecule has 2 nitrogen and oxygen atoms in total. The quantitative estimate of drug-likeness (QED) is 0.780. The molecule has 21 heavy (non-hydrogen) atoms. The van der Waals surface area contributed by atoms with Gasteiger partial charge in [-0.3, -0.25) is 4.79 Å². The molecule has 1 heterocycles. The molecule has 1 saturated carbocycles. The highest BCUT2D eigenvalue weighted by Crippen LogP contribution is 2.36. The molecule has 2 aliphatic rings. The average Bonchev–Trinajstić information content (AvgIpc) is 2.78. The number of likely N-dealkylation sites (tertiary alicyclic amines) is 1. The Morgan fingerprint density at radius 1 is 1.14 bits per heavy atom. The predicted octanol–water partition coefficient (Wildman–Crippen LogP) is 4.11. The number of carbonyl (C=O) groups excluding carboxylic acids is 1. The number of Topliss-reactive ketones (excluding diaryl/α,β-unsaturated/α-hetero) is 1. The number of benzene rings is 1. The van der Waals surface area contributed by atoms with Crippen LogP contribution in [0.25, 0.3) is 0 Å². The van der Waals surface area contributed by atoms with Gasteiger partial charge in [0.25, 0.3) is 0 Å². The number of ketones is 1. The van der Waals surface area contributed by atoms with E-state index in [4.69, 9.17) is 0 Å². The van der Waals surface area contributed by atoms with Crippen LogP contribution in [-0.2, 0) is 0 Å². The fourth-order valence-corrected chi connectivity index (χ4v) is 3.77. The van der Waals surface area contributed by atoms with E-state index in [1.165, 1.54) is 44.3 Å². The van der Waals surface area contributed by atoms with Gasteiger partial charge in [0.2, 0.25) is 0 Å². The Morgan fingerprint density at radius 2 is 1.86 bits per heavy atom. The van der Waals surface area contributed by atoms with Gasteiger partial charge in [-0.1, -0.05) is 36.2 Å². The van der Waals surface area contributed by atoms with Crippen molar-refractivity contribution in [2.45, 2.75) is 39.0 Å². The molecule has 0 spiro atoms. The van der Waals surface area contributed by atoms with Crippen LogP contribution in [0.4, 0.5) is 0 Å². The number of carbonyl (C=O) groups is 1. The Kier molecular flexibility index (Phi) is 5.83. The van der Waals surface area contributed by atoms with Crippen LogP contribution in [0.1, 0.15) is 48.0 Å². The standard InChI is InChI=1S/C18H25NO.ClH/c1-14-2-6-17(7-3-14)18(20)9-11-19-10-8-15-4-5-16(12-15)13-19;/h2-3,6-7,15-16H,4-5,8-13H2,1H3;1H. The van der Waals surface area contributed by atoms with E-state index in [1.54, 1.807) is 0 Å². The van der Waals surface area contributed by atoms with Gasteiger partial charge in [0.1, 0.15) is 0 Å². The Bertz CT molecular complexity index is 471. The van der Waals surface area contributed by atoms with Gasteiger partial charge in [-0.15, -0.1) is 12.4 Å². The molecule has 0 amide bonds. The van der Waals surface area contributed by atoms with Crippen molar-refractivity contribution in [1.29, 1.82) is 0 Å². The van der Waals surface area contributed by atoms with Crippen LogP contribution in [0, 0.1) is 18.8 Å². The molecule has 1 aliphatic heterocycles. The average molecular weight is 308 g/mol. The molecule has 2 bridgehead atoms. The van der Waals surface area contributed by atoms with E-state index in [0.717, 1.165) is 23.9 Å². The van der Waals surface area contributed by atoms with Crippen molar-refractivity contribution in [2.75, 3.05) is 19.6 Å². The molecule has 0 N–H and O–H groups in total. The lowest BCUT2D eigenvalue weighted by atomic mass is 10.0. The van der Waals surface area contributed by atoms with E-state index < -0.39 is 0 Å². The van der Waals surface area contributed by atoms with Crippen molar-refractivity contribution < 1.29 is 4.79 Å².